The van der Waals surface area contributed by atoms with Crippen molar-refractivity contribution in [3.63, 3.8) is 0 Å². The van der Waals surface area contributed by atoms with Crippen LogP contribution in [0.4, 0.5) is 10.1 Å². The fraction of sp³-hybridized carbons (Fsp3) is 0.571. The monoisotopic (exact) mass is 236 g/mol. The molecule has 17 heavy (non-hydrogen) atoms. The van der Waals surface area contributed by atoms with Crippen molar-refractivity contribution in [2.75, 3.05) is 18.5 Å². The molecule has 0 bridgehead atoms. The molecule has 3 heteroatoms. The van der Waals surface area contributed by atoms with E-state index in [2.05, 4.69) is 23.2 Å². The molecule has 0 aromatic heterocycles. The van der Waals surface area contributed by atoms with Gasteiger partial charge in [-0.1, -0.05) is 6.92 Å². The normalized spacial score (nSPS) is 15.0. The topological polar surface area (TPSA) is 15.3 Å². The van der Waals surface area contributed by atoms with Crippen molar-refractivity contribution in [1.82, 2.24) is 5.32 Å². The molecule has 1 saturated carbocycles. The average molecular weight is 236 g/mol. The molecule has 0 spiro atoms. The van der Waals surface area contributed by atoms with Crippen LogP contribution in [0, 0.1) is 5.82 Å². The summed E-state index contributed by atoms with van der Waals surface area (Å²) in [5.41, 5.74) is 2.01. The van der Waals surface area contributed by atoms with E-state index >= 15 is 0 Å². The molecule has 1 fully saturated rings. The summed E-state index contributed by atoms with van der Waals surface area (Å²) in [6.45, 7) is 3.86. The molecule has 0 saturated heterocycles. The highest BCUT2D eigenvalue weighted by atomic mass is 19.1. The highest BCUT2D eigenvalue weighted by Crippen LogP contribution is 2.21. The van der Waals surface area contributed by atoms with Crippen molar-refractivity contribution in [3.8, 4) is 0 Å². The zero-order valence-corrected chi connectivity index (χ0v) is 10.7. The molecule has 1 N–H and O–H groups in total. The second kappa shape index (κ2) is 5.50. The zero-order chi connectivity index (χ0) is 12.3. The largest absolute Gasteiger partial charge is 0.375 e. The lowest BCUT2D eigenvalue weighted by Crippen LogP contribution is -2.19. The Labute approximate surface area is 103 Å². The lowest BCUT2D eigenvalue weighted by Gasteiger charge is -2.19. The number of rotatable bonds is 6. The van der Waals surface area contributed by atoms with Gasteiger partial charge in [0.1, 0.15) is 5.82 Å². The van der Waals surface area contributed by atoms with Crippen LogP contribution >= 0.6 is 0 Å². The van der Waals surface area contributed by atoms with Crippen molar-refractivity contribution in [1.29, 1.82) is 0 Å². The minimum atomic E-state index is -0.141. The predicted octanol–water partition coefficient (Wildman–Crippen LogP) is 2.92. The molecular weight excluding hydrogens is 215 g/mol. The first-order valence-corrected chi connectivity index (χ1v) is 6.43. The van der Waals surface area contributed by atoms with Gasteiger partial charge >= 0.3 is 0 Å². The lowest BCUT2D eigenvalue weighted by atomic mass is 10.1. The second-order valence-electron chi connectivity index (χ2n) is 4.89. The van der Waals surface area contributed by atoms with E-state index in [0.717, 1.165) is 30.8 Å². The molecule has 2 nitrogen and oxygen atoms in total. The summed E-state index contributed by atoms with van der Waals surface area (Å²) in [7, 11) is 2.01. The Balaban J connectivity index is 2.04. The predicted molar refractivity (Wildman–Crippen MR) is 69.8 cm³/mol. The third kappa shape index (κ3) is 3.70. The number of anilines is 1. The second-order valence-corrected chi connectivity index (χ2v) is 4.89. The SMILES string of the molecule is CCCN(C)c1cc(F)cc(CNC2CC2)c1. The molecule has 0 atom stereocenters. The smallest absolute Gasteiger partial charge is 0.125 e. The highest BCUT2D eigenvalue weighted by molar-refractivity contribution is 5.48. The van der Waals surface area contributed by atoms with E-state index in [1.54, 1.807) is 12.1 Å². The van der Waals surface area contributed by atoms with Crippen LogP contribution < -0.4 is 10.2 Å². The Morgan fingerprint density at radius 3 is 2.76 bits per heavy atom. The van der Waals surface area contributed by atoms with Crippen molar-refractivity contribution >= 4 is 5.69 Å². The number of nitrogens with one attached hydrogen (secondary N) is 1. The molecule has 0 radical (unpaired) electrons. The van der Waals surface area contributed by atoms with Crippen LogP contribution in [0.15, 0.2) is 18.2 Å². The van der Waals surface area contributed by atoms with Gasteiger partial charge in [-0.3, -0.25) is 0 Å². The number of benzene rings is 1. The lowest BCUT2D eigenvalue weighted by molar-refractivity contribution is 0.618. The molecule has 0 aliphatic heterocycles. The van der Waals surface area contributed by atoms with Gasteiger partial charge in [-0.25, -0.2) is 4.39 Å². The van der Waals surface area contributed by atoms with Gasteiger partial charge in [-0.15, -0.1) is 0 Å². The van der Waals surface area contributed by atoms with Crippen LogP contribution in [0.5, 0.6) is 0 Å². The maximum Gasteiger partial charge on any atom is 0.125 e. The van der Waals surface area contributed by atoms with Gasteiger partial charge in [0.25, 0.3) is 0 Å². The molecule has 0 heterocycles. The van der Waals surface area contributed by atoms with Crippen molar-refractivity contribution in [2.45, 2.75) is 38.8 Å². The van der Waals surface area contributed by atoms with Crippen LogP contribution in [-0.4, -0.2) is 19.6 Å². The maximum absolute atomic E-state index is 13.5. The van der Waals surface area contributed by atoms with Gasteiger partial charge in [0, 0.05) is 31.9 Å². The van der Waals surface area contributed by atoms with Gasteiger partial charge in [-0.2, -0.15) is 0 Å². The van der Waals surface area contributed by atoms with Gasteiger partial charge in [0.2, 0.25) is 0 Å². The number of nitrogens with zero attached hydrogens (tertiary/aromatic N) is 1. The van der Waals surface area contributed by atoms with Crippen LogP contribution in [-0.2, 0) is 6.54 Å². The van der Waals surface area contributed by atoms with E-state index < -0.39 is 0 Å². The number of hydrogen-bond donors (Lipinski definition) is 1. The fourth-order valence-corrected chi connectivity index (χ4v) is 1.97. The Kier molecular flexibility index (Phi) is 4.00. The quantitative estimate of drug-likeness (QED) is 0.817. The highest BCUT2D eigenvalue weighted by Gasteiger charge is 2.20. The Morgan fingerprint density at radius 2 is 2.12 bits per heavy atom. The van der Waals surface area contributed by atoms with E-state index in [1.807, 2.05) is 7.05 Å². The molecule has 1 aromatic carbocycles. The van der Waals surface area contributed by atoms with Gasteiger partial charge in [-0.05, 0) is 43.0 Å². The number of halogens is 1. The van der Waals surface area contributed by atoms with E-state index in [9.17, 15) is 4.39 Å². The van der Waals surface area contributed by atoms with E-state index in [-0.39, 0.29) is 5.82 Å². The van der Waals surface area contributed by atoms with E-state index in [1.165, 1.54) is 12.8 Å². The molecule has 2 rings (SSSR count). The zero-order valence-electron chi connectivity index (χ0n) is 10.7. The first-order valence-electron chi connectivity index (χ1n) is 6.43. The summed E-state index contributed by atoms with van der Waals surface area (Å²) in [5.74, 6) is -0.141. The maximum atomic E-state index is 13.5. The van der Waals surface area contributed by atoms with Gasteiger partial charge < -0.3 is 10.2 Å². The summed E-state index contributed by atoms with van der Waals surface area (Å²) in [6, 6.07) is 5.97. The molecular formula is C14H21FN2. The van der Waals surface area contributed by atoms with Gasteiger partial charge in [0.05, 0.1) is 0 Å². The van der Waals surface area contributed by atoms with Crippen molar-refractivity contribution in [2.24, 2.45) is 0 Å². The minimum absolute atomic E-state index is 0.141. The standard InChI is InChI=1S/C14H21FN2/c1-3-6-17(2)14-8-11(7-12(15)9-14)10-16-13-4-5-13/h7-9,13,16H,3-6,10H2,1-2H3. The van der Waals surface area contributed by atoms with E-state index in [0.29, 0.717) is 6.04 Å². The molecule has 0 amide bonds. The molecule has 1 aliphatic carbocycles. The summed E-state index contributed by atoms with van der Waals surface area (Å²) in [6.07, 6.45) is 3.60. The van der Waals surface area contributed by atoms with Crippen LogP contribution in [0.2, 0.25) is 0 Å². The third-order valence-electron chi connectivity index (χ3n) is 3.11. The minimum Gasteiger partial charge on any atom is -0.375 e. The Hall–Kier alpha value is -1.09. The Morgan fingerprint density at radius 1 is 1.35 bits per heavy atom. The molecule has 94 valence electrons. The number of hydrogen-bond acceptors (Lipinski definition) is 2. The average Bonchev–Trinajstić information content (AvgIpc) is 3.10. The van der Waals surface area contributed by atoms with Crippen LogP contribution in [0.1, 0.15) is 31.7 Å². The fourth-order valence-electron chi connectivity index (χ4n) is 1.97. The molecule has 0 unspecified atom stereocenters. The van der Waals surface area contributed by atoms with E-state index in [4.69, 9.17) is 0 Å². The third-order valence-corrected chi connectivity index (χ3v) is 3.11. The van der Waals surface area contributed by atoms with Gasteiger partial charge in [0.15, 0.2) is 0 Å². The van der Waals surface area contributed by atoms with Crippen molar-refractivity contribution in [3.05, 3.63) is 29.6 Å². The summed E-state index contributed by atoms with van der Waals surface area (Å²) < 4.78 is 13.5. The Bertz CT molecular complexity index is 374. The van der Waals surface area contributed by atoms with Crippen LogP contribution in [0.25, 0.3) is 0 Å². The first-order chi connectivity index (χ1) is 8.19. The van der Waals surface area contributed by atoms with Crippen molar-refractivity contribution < 1.29 is 4.39 Å². The molecule has 1 aromatic rings. The summed E-state index contributed by atoms with van der Waals surface area (Å²) in [4.78, 5) is 2.10. The summed E-state index contributed by atoms with van der Waals surface area (Å²) >= 11 is 0. The molecule has 1 aliphatic rings. The van der Waals surface area contributed by atoms with Crippen LogP contribution in [0.3, 0.4) is 0 Å². The summed E-state index contributed by atoms with van der Waals surface area (Å²) in [5, 5.41) is 3.41. The first kappa shape index (κ1) is 12.4.